The number of anilines is 1. The van der Waals surface area contributed by atoms with Crippen LogP contribution in [0.4, 0.5) is 5.82 Å². The van der Waals surface area contributed by atoms with Crippen molar-refractivity contribution >= 4 is 22.7 Å². The van der Waals surface area contributed by atoms with Crippen molar-refractivity contribution in [2.45, 2.75) is 12.8 Å². The van der Waals surface area contributed by atoms with Crippen molar-refractivity contribution in [2.24, 2.45) is 5.92 Å². The minimum absolute atomic E-state index is 0.251. The van der Waals surface area contributed by atoms with Gasteiger partial charge in [0.05, 0.1) is 17.6 Å². The lowest BCUT2D eigenvalue weighted by Crippen LogP contribution is -2.56. The molecule has 1 aromatic carbocycles. The van der Waals surface area contributed by atoms with Crippen LogP contribution >= 0.6 is 0 Å². The fourth-order valence-electron chi connectivity index (χ4n) is 2.92. The number of carboxylic acids is 1. The van der Waals surface area contributed by atoms with E-state index in [4.69, 9.17) is 5.11 Å². The van der Waals surface area contributed by atoms with Gasteiger partial charge >= 0.3 is 5.97 Å². The molecule has 1 fully saturated rings. The first-order valence-corrected chi connectivity index (χ1v) is 7.21. The maximum Gasteiger partial charge on any atom is 0.335 e. The first kappa shape index (κ1) is 13.8. The maximum absolute atomic E-state index is 11.1. The molecule has 0 spiro atoms. The topological polar surface area (TPSA) is 94.0 Å². The van der Waals surface area contributed by atoms with E-state index in [0.29, 0.717) is 11.4 Å². The van der Waals surface area contributed by atoms with Crippen molar-refractivity contribution < 1.29 is 15.6 Å². The summed E-state index contributed by atoms with van der Waals surface area (Å²) in [4.78, 5) is 21.9. The zero-order chi connectivity index (χ0) is 14.8. The Morgan fingerprint density at radius 2 is 2.29 bits per heavy atom. The molecule has 0 amide bonds. The predicted octanol–water partition coefficient (Wildman–Crippen LogP) is 0.786. The number of aromatic carboxylic acids is 1. The molecule has 0 radical (unpaired) electrons. The summed E-state index contributed by atoms with van der Waals surface area (Å²) in [7, 11) is 0. The standard InChI is InChI=1S/C15H18N4O2/c16-7-10-2-1-5-19(8-10)14-12-4-3-11(15(20)21)6-13(12)17-9-18-14/h3-4,6,9-10H,1-2,5,7-8,16H2,(H,20,21)/p+1. The highest BCUT2D eigenvalue weighted by Gasteiger charge is 2.22. The van der Waals surface area contributed by atoms with Crippen LogP contribution < -0.4 is 10.6 Å². The molecule has 21 heavy (non-hydrogen) atoms. The second kappa shape index (κ2) is 5.65. The van der Waals surface area contributed by atoms with Gasteiger partial charge in [-0.15, -0.1) is 0 Å². The lowest BCUT2D eigenvalue weighted by atomic mass is 9.98. The average Bonchev–Trinajstić information content (AvgIpc) is 2.53. The molecule has 1 aromatic heterocycles. The number of hydrogen-bond donors (Lipinski definition) is 2. The summed E-state index contributed by atoms with van der Waals surface area (Å²) in [6.45, 7) is 2.86. The number of piperidine rings is 1. The van der Waals surface area contributed by atoms with E-state index in [1.165, 1.54) is 12.7 Å². The number of carbonyl (C=O) groups is 1. The highest BCUT2D eigenvalue weighted by molar-refractivity contribution is 5.96. The molecule has 4 N–H and O–H groups in total. The molecule has 1 saturated heterocycles. The Hall–Kier alpha value is -2.21. The van der Waals surface area contributed by atoms with E-state index in [9.17, 15) is 4.79 Å². The number of benzene rings is 1. The molecule has 1 atom stereocenters. The molecule has 1 aliphatic heterocycles. The fraction of sp³-hybridized carbons (Fsp3) is 0.400. The van der Waals surface area contributed by atoms with Gasteiger partial charge in [-0.2, -0.15) is 0 Å². The monoisotopic (exact) mass is 287 g/mol. The van der Waals surface area contributed by atoms with Gasteiger partial charge in [-0.05, 0) is 31.0 Å². The molecule has 0 saturated carbocycles. The van der Waals surface area contributed by atoms with Crippen molar-refractivity contribution in [1.29, 1.82) is 0 Å². The lowest BCUT2D eigenvalue weighted by Gasteiger charge is -2.32. The van der Waals surface area contributed by atoms with Gasteiger partial charge in [0, 0.05) is 24.4 Å². The number of fused-ring (bicyclic) bond motifs is 1. The fourth-order valence-corrected chi connectivity index (χ4v) is 2.92. The van der Waals surface area contributed by atoms with Gasteiger partial charge in [0.25, 0.3) is 0 Å². The van der Waals surface area contributed by atoms with Crippen molar-refractivity contribution in [3.63, 3.8) is 0 Å². The van der Waals surface area contributed by atoms with Crippen LogP contribution in [0, 0.1) is 5.92 Å². The van der Waals surface area contributed by atoms with E-state index >= 15 is 0 Å². The molecule has 110 valence electrons. The van der Waals surface area contributed by atoms with Gasteiger partial charge in [0.1, 0.15) is 12.1 Å². The van der Waals surface area contributed by atoms with E-state index in [2.05, 4.69) is 20.6 Å². The largest absolute Gasteiger partial charge is 0.478 e. The van der Waals surface area contributed by atoms with Gasteiger partial charge in [-0.25, -0.2) is 14.8 Å². The summed E-state index contributed by atoms with van der Waals surface area (Å²) >= 11 is 0. The lowest BCUT2D eigenvalue weighted by molar-refractivity contribution is -0.379. The maximum atomic E-state index is 11.1. The van der Waals surface area contributed by atoms with Crippen LogP contribution in [0.2, 0.25) is 0 Å². The van der Waals surface area contributed by atoms with E-state index in [0.717, 1.165) is 37.3 Å². The summed E-state index contributed by atoms with van der Waals surface area (Å²) in [5, 5.41) is 9.98. The van der Waals surface area contributed by atoms with Crippen LogP contribution in [-0.2, 0) is 0 Å². The highest BCUT2D eigenvalue weighted by Crippen LogP contribution is 2.27. The molecular formula is C15H19N4O2+. The minimum Gasteiger partial charge on any atom is -0.478 e. The Balaban J connectivity index is 2.00. The Morgan fingerprint density at radius 3 is 3.05 bits per heavy atom. The molecule has 1 aliphatic rings. The Bertz CT molecular complexity index is 674. The third-order valence-corrected chi connectivity index (χ3v) is 4.09. The second-order valence-corrected chi connectivity index (χ2v) is 5.48. The average molecular weight is 287 g/mol. The third kappa shape index (κ3) is 2.67. The van der Waals surface area contributed by atoms with Crippen LogP contribution in [0.25, 0.3) is 10.9 Å². The smallest absolute Gasteiger partial charge is 0.335 e. The Morgan fingerprint density at radius 1 is 1.43 bits per heavy atom. The van der Waals surface area contributed by atoms with E-state index in [1.807, 2.05) is 6.07 Å². The number of rotatable bonds is 3. The van der Waals surface area contributed by atoms with Crippen LogP contribution in [-0.4, -0.2) is 40.7 Å². The number of nitrogens with zero attached hydrogens (tertiary/aromatic N) is 3. The first-order valence-electron chi connectivity index (χ1n) is 7.21. The van der Waals surface area contributed by atoms with Crippen LogP contribution in [0.5, 0.6) is 0 Å². The van der Waals surface area contributed by atoms with E-state index < -0.39 is 5.97 Å². The normalized spacial score (nSPS) is 18.9. The first-order chi connectivity index (χ1) is 10.2. The van der Waals surface area contributed by atoms with Gasteiger partial charge in [-0.1, -0.05) is 0 Å². The van der Waals surface area contributed by atoms with Crippen LogP contribution in [0.3, 0.4) is 0 Å². The molecule has 0 aliphatic carbocycles. The molecule has 2 aromatic rings. The molecule has 2 heterocycles. The predicted molar refractivity (Wildman–Crippen MR) is 79.2 cm³/mol. The number of carboxylic acid groups (broad SMARTS) is 1. The molecule has 1 unspecified atom stereocenters. The van der Waals surface area contributed by atoms with Crippen molar-refractivity contribution in [1.82, 2.24) is 9.97 Å². The molecule has 6 heteroatoms. The molecular weight excluding hydrogens is 268 g/mol. The Kier molecular flexibility index (Phi) is 3.70. The Labute approximate surface area is 122 Å². The van der Waals surface area contributed by atoms with Gasteiger partial charge in [0.15, 0.2) is 0 Å². The van der Waals surface area contributed by atoms with Gasteiger partial charge < -0.3 is 15.7 Å². The summed E-state index contributed by atoms with van der Waals surface area (Å²) in [5.41, 5.74) is 4.93. The van der Waals surface area contributed by atoms with Crippen molar-refractivity contribution in [3.05, 3.63) is 30.1 Å². The van der Waals surface area contributed by atoms with Crippen LogP contribution in [0.1, 0.15) is 23.2 Å². The van der Waals surface area contributed by atoms with E-state index in [-0.39, 0.29) is 5.56 Å². The quantitative estimate of drug-likeness (QED) is 0.870. The van der Waals surface area contributed by atoms with E-state index in [1.54, 1.807) is 12.1 Å². The van der Waals surface area contributed by atoms with Crippen LogP contribution in [0.15, 0.2) is 24.5 Å². The van der Waals surface area contributed by atoms with Crippen molar-refractivity contribution in [3.8, 4) is 0 Å². The highest BCUT2D eigenvalue weighted by atomic mass is 16.4. The summed E-state index contributed by atoms with van der Waals surface area (Å²) in [6, 6.07) is 5.02. The second-order valence-electron chi connectivity index (χ2n) is 5.48. The molecule has 0 bridgehead atoms. The summed E-state index contributed by atoms with van der Waals surface area (Å²) < 4.78 is 0. The molecule has 6 nitrogen and oxygen atoms in total. The van der Waals surface area contributed by atoms with Crippen molar-refractivity contribution in [2.75, 3.05) is 24.5 Å². The molecule has 3 rings (SSSR count). The zero-order valence-electron chi connectivity index (χ0n) is 11.8. The SMILES string of the molecule is [NH3+]CC1CCCN(c2ncnc3cc(C(=O)O)ccc23)C1. The zero-order valence-corrected chi connectivity index (χ0v) is 11.8. The van der Waals surface area contributed by atoms with Gasteiger partial charge in [0.2, 0.25) is 0 Å². The summed E-state index contributed by atoms with van der Waals surface area (Å²) in [5.74, 6) is 0.560. The van der Waals surface area contributed by atoms with Gasteiger partial charge in [-0.3, -0.25) is 0 Å². The third-order valence-electron chi connectivity index (χ3n) is 4.09. The summed E-state index contributed by atoms with van der Waals surface area (Å²) in [6.07, 6.45) is 3.86. The minimum atomic E-state index is -0.938. The number of aromatic nitrogens is 2. The number of quaternary nitrogens is 1. The number of hydrogen-bond acceptors (Lipinski definition) is 4.